The molecule has 1 N–H and O–H groups in total. The van der Waals surface area contributed by atoms with E-state index in [2.05, 4.69) is 39.0 Å². The Bertz CT molecular complexity index is 1030. The number of ether oxygens (including phenoxy) is 5. The second kappa shape index (κ2) is 13.1. The lowest BCUT2D eigenvalue weighted by Gasteiger charge is -2.50. The number of unbranched alkanes of at least 4 members (excludes halogenated alkanes) is 2. The highest BCUT2D eigenvalue weighted by Crippen LogP contribution is 2.54. The minimum absolute atomic E-state index is 0.109. The molecule has 0 saturated carbocycles. The zero-order valence-electron chi connectivity index (χ0n) is 23.2. The Morgan fingerprint density at radius 1 is 1.00 bits per heavy atom. The van der Waals surface area contributed by atoms with E-state index in [1.165, 1.54) is 0 Å². The van der Waals surface area contributed by atoms with Gasteiger partial charge in [-0.1, -0.05) is 63.4 Å². The van der Waals surface area contributed by atoms with Gasteiger partial charge in [0.05, 0.1) is 25.9 Å². The van der Waals surface area contributed by atoms with Crippen LogP contribution in [0.15, 0.2) is 42.5 Å². The molecule has 0 aromatic heterocycles. The first-order valence-corrected chi connectivity index (χ1v) is 14.5. The predicted octanol–water partition coefficient (Wildman–Crippen LogP) is 6.28. The first kappa shape index (κ1) is 29.3. The summed E-state index contributed by atoms with van der Waals surface area (Å²) in [5.41, 5.74) is 2.05. The van der Waals surface area contributed by atoms with Crippen molar-refractivity contribution in [3.05, 3.63) is 64.2 Å². The third-order valence-corrected chi connectivity index (χ3v) is 8.20. The highest BCUT2D eigenvalue weighted by atomic mass is 35.5. The lowest BCUT2D eigenvalue weighted by atomic mass is 9.78. The molecule has 2 aromatic carbocycles. The van der Waals surface area contributed by atoms with Crippen LogP contribution in [0.25, 0.3) is 0 Å². The normalized spacial score (nSPS) is 28.5. The van der Waals surface area contributed by atoms with E-state index in [1.54, 1.807) is 0 Å². The lowest BCUT2D eigenvalue weighted by Crippen LogP contribution is -2.63. The van der Waals surface area contributed by atoms with Crippen molar-refractivity contribution in [3.63, 3.8) is 0 Å². The van der Waals surface area contributed by atoms with Gasteiger partial charge in [0, 0.05) is 29.7 Å². The van der Waals surface area contributed by atoms with Gasteiger partial charge in [-0.3, -0.25) is 0 Å². The summed E-state index contributed by atoms with van der Waals surface area (Å²) in [6.07, 6.45) is 3.82. The molecule has 2 fully saturated rings. The number of aliphatic hydroxyl groups is 1. The Morgan fingerprint density at radius 3 is 2.37 bits per heavy atom. The molecule has 0 aliphatic carbocycles. The quantitative estimate of drug-likeness (QED) is 0.281. The molecular formula is C31H43ClO6. The molecule has 2 heterocycles. The van der Waals surface area contributed by atoms with E-state index < -0.39 is 17.5 Å². The Hall–Kier alpha value is -1.67. The fourth-order valence-corrected chi connectivity index (χ4v) is 5.62. The molecule has 3 unspecified atom stereocenters. The Kier molecular flexibility index (Phi) is 10.1. The molecule has 5 atom stereocenters. The zero-order chi connectivity index (χ0) is 27.2. The number of halogens is 1. The van der Waals surface area contributed by atoms with E-state index in [0.29, 0.717) is 31.3 Å². The maximum absolute atomic E-state index is 10.5. The molecule has 7 heteroatoms. The van der Waals surface area contributed by atoms with Crippen LogP contribution >= 0.6 is 11.6 Å². The molecule has 2 aromatic rings. The number of aliphatic hydroxyl groups excluding tert-OH is 1. The summed E-state index contributed by atoms with van der Waals surface area (Å²) in [5, 5.41) is 11.2. The number of fused-ring (bicyclic) bond motifs is 2. The maximum Gasteiger partial charge on any atom is 0.225 e. The van der Waals surface area contributed by atoms with E-state index in [9.17, 15) is 5.11 Å². The van der Waals surface area contributed by atoms with Crippen molar-refractivity contribution in [2.24, 2.45) is 5.92 Å². The van der Waals surface area contributed by atoms with Crippen molar-refractivity contribution < 1.29 is 28.8 Å². The van der Waals surface area contributed by atoms with Crippen LogP contribution in [0.5, 0.6) is 5.75 Å². The fraction of sp³-hybridized carbons (Fsp3) is 0.613. The molecule has 6 nitrogen and oxygen atoms in total. The van der Waals surface area contributed by atoms with Gasteiger partial charge < -0.3 is 28.8 Å². The molecule has 2 aliphatic heterocycles. The molecule has 0 spiro atoms. The molecule has 0 radical (unpaired) electrons. The van der Waals surface area contributed by atoms with Gasteiger partial charge in [-0.2, -0.15) is 0 Å². The SMILES string of the molecule is CCCCOC1[C@@H](OCCCC)[C@H](C)C2(CO)COC1(c1ccc(Cl)c(Cc3ccc(OCC)cc3)c1)O2. The number of hydrogen-bond donors (Lipinski definition) is 1. The van der Waals surface area contributed by atoms with Crippen molar-refractivity contribution in [3.8, 4) is 5.75 Å². The van der Waals surface area contributed by atoms with Crippen LogP contribution in [0.4, 0.5) is 0 Å². The van der Waals surface area contributed by atoms with Gasteiger partial charge in [0.1, 0.15) is 17.5 Å². The maximum atomic E-state index is 10.5. The van der Waals surface area contributed by atoms with Crippen molar-refractivity contribution in [2.45, 2.75) is 83.4 Å². The van der Waals surface area contributed by atoms with Gasteiger partial charge in [0.15, 0.2) is 0 Å². The number of benzene rings is 2. The van der Waals surface area contributed by atoms with E-state index in [0.717, 1.165) is 48.1 Å². The summed E-state index contributed by atoms with van der Waals surface area (Å²) >= 11 is 6.69. The van der Waals surface area contributed by atoms with Crippen molar-refractivity contribution in [2.75, 3.05) is 33.0 Å². The van der Waals surface area contributed by atoms with E-state index in [4.69, 9.17) is 35.3 Å². The van der Waals surface area contributed by atoms with Crippen molar-refractivity contribution in [1.82, 2.24) is 0 Å². The van der Waals surface area contributed by atoms with E-state index in [-0.39, 0.29) is 25.2 Å². The lowest BCUT2D eigenvalue weighted by molar-refractivity contribution is -0.333. The first-order chi connectivity index (χ1) is 18.4. The van der Waals surface area contributed by atoms with Gasteiger partial charge in [0.25, 0.3) is 0 Å². The Balaban J connectivity index is 1.70. The van der Waals surface area contributed by atoms with E-state index in [1.807, 2.05) is 31.2 Å². The summed E-state index contributed by atoms with van der Waals surface area (Å²) < 4.78 is 31.9. The summed E-state index contributed by atoms with van der Waals surface area (Å²) in [6, 6.07) is 14.0. The standard InChI is InChI=1S/C31H43ClO6/c1-5-8-16-35-28-22(4)30(20-33)21-37-31(38-30,29(28)36-17-9-6-2)25-12-15-27(32)24(19-25)18-23-10-13-26(14-11-23)34-7-3/h10-15,19,22,28-29,33H,5-9,16-18,20-21H2,1-4H3/t22-,28-,29?,30?,31?/m0/s1. The third-order valence-electron chi connectivity index (χ3n) is 7.83. The van der Waals surface area contributed by atoms with Gasteiger partial charge in [0.2, 0.25) is 5.79 Å². The van der Waals surface area contributed by atoms with Crippen LogP contribution in [0.2, 0.25) is 5.02 Å². The predicted molar refractivity (Wildman–Crippen MR) is 149 cm³/mol. The molecule has 210 valence electrons. The molecule has 2 aliphatic rings. The van der Waals surface area contributed by atoms with Crippen LogP contribution in [-0.4, -0.2) is 55.9 Å². The van der Waals surface area contributed by atoms with E-state index >= 15 is 0 Å². The number of rotatable bonds is 14. The monoisotopic (exact) mass is 546 g/mol. The minimum Gasteiger partial charge on any atom is -0.494 e. The van der Waals surface area contributed by atoms with Crippen LogP contribution in [-0.2, 0) is 31.2 Å². The summed E-state index contributed by atoms with van der Waals surface area (Å²) in [6.45, 7) is 10.3. The van der Waals surface area contributed by atoms with Gasteiger partial charge in [-0.05, 0) is 61.6 Å². The summed E-state index contributed by atoms with van der Waals surface area (Å²) in [5.74, 6) is -0.458. The minimum atomic E-state index is -1.20. The van der Waals surface area contributed by atoms with Crippen molar-refractivity contribution in [1.29, 1.82) is 0 Å². The molecule has 38 heavy (non-hydrogen) atoms. The molecular weight excluding hydrogens is 504 g/mol. The van der Waals surface area contributed by atoms with Crippen molar-refractivity contribution >= 4 is 11.6 Å². The second-order valence-corrected chi connectivity index (χ2v) is 10.9. The Morgan fingerprint density at radius 2 is 1.71 bits per heavy atom. The topological polar surface area (TPSA) is 66.4 Å². The molecule has 0 amide bonds. The average Bonchev–Trinajstić information content (AvgIpc) is 3.30. The zero-order valence-corrected chi connectivity index (χ0v) is 24.0. The van der Waals surface area contributed by atoms with Gasteiger partial charge in [-0.25, -0.2) is 0 Å². The molecule has 4 rings (SSSR count). The largest absolute Gasteiger partial charge is 0.494 e. The van der Waals surface area contributed by atoms with Gasteiger partial charge in [-0.15, -0.1) is 0 Å². The van der Waals surface area contributed by atoms with Crippen LogP contribution in [0.1, 0.15) is 70.1 Å². The molecule has 2 saturated heterocycles. The third kappa shape index (κ3) is 5.91. The van der Waals surface area contributed by atoms with Gasteiger partial charge >= 0.3 is 0 Å². The van der Waals surface area contributed by atoms with Crippen LogP contribution in [0.3, 0.4) is 0 Å². The fourth-order valence-electron chi connectivity index (χ4n) is 5.43. The first-order valence-electron chi connectivity index (χ1n) is 14.1. The molecule has 2 bridgehead atoms. The van der Waals surface area contributed by atoms with Crippen LogP contribution in [0, 0.1) is 5.92 Å². The number of hydrogen-bond acceptors (Lipinski definition) is 6. The highest BCUT2D eigenvalue weighted by Gasteiger charge is 2.67. The summed E-state index contributed by atoms with van der Waals surface area (Å²) in [7, 11) is 0. The van der Waals surface area contributed by atoms with Crippen LogP contribution < -0.4 is 4.74 Å². The second-order valence-electron chi connectivity index (χ2n) is 10.5. The smallest absolute Gasteiger partial charge is 0.225 e. The highest BCUT2D eigenvalue weighted by molar-refractivity contribution is 6.31. The summed E-state index contributed by atoms with van der Waals surface area (Å²) in [4.78, 5) is 0. The Labute approximate surface area is 232 Å². The average molecular weight is 547 g/mol.